The van der Waals surface area contributed by atoms with E-state index in [1.54, 1.807) is 4.68 Å². The SMILES string of the molecule is CCCc1c(C#N)nnn1-c1ccc(N2CCC(C)CC2)cc1. The molecule has 1 aromatic carbocycles. The molecule has 1 aliphatic heterocycles. The van der Waals surface area contributed by atoms with Crippen molar-refractivity contribution in [3.8, 4) is 11.8 Å². The Labute approximate surface area is 137 Å². The molecule has 0 amide bonds. The van der Waals surface area contributed by atoms with Crippen LogP contribution < -0.4 is 4.90 Å². The van der Waals surface area contributed by atoms with E-state index in [4.69, 9.17) is 5.26 Å². The summed E-state index contributed by atoms with van der Waals surface area (Å²) < 4.78 is 1.80. The lowest BCUT2D eigenvalue weighted by Crippen LogP contribution is -2.32. The van der Waals surface area contributed by atoms with E-state index in [0.29, 0.717) is 5.69 Å². The number of anilines is 1. The molecule has 3 rings (SSSR count). The third kappa shape index (κ3) is 3.21. The van der Waals surface area contributed by atoms with Crippen LogP contribution in [0.3, 0.4) is 0 Å². The lowest BCUT2D eigenvalue weighted by atomic mass is 9.99. The van der Waals surface area contributed by atoms with Gasteiger partial charge in [0.1, 0.15) is 6.07 Å². The molecule has 1 fully saturated rings. The molecule has 23 heavy (non-hydrogen) atoms. The molecule has 0 N–H and O–H groups in total. The number of nitriles is 1. The van der Waals surface area contributed by atoms with Crippen molar-refractivity contribution in [1.29, 1.82) is 5.26 Å². The van der Waals surface area contributed by atoms with Crippen molar-refractivity contribution in [2.24, 2.45) is 5.92 Å². The number of nitrogens with zero attached hydrogens (tertiary/aromatic N) is 5. The Kier molecular flexibility index (Phi) is 4.61. The summed E-state index contributed by atoms with van der Waals surface area (Å²) >= 11 is 0. The topological polar surface area (TPSA) is 57.7 Å². The van der Waals surface area contributed by atoms with Gasteiger partial charge in [0.25, 0.3) is 0 Å². The first kappa shape index (κ1) is 15.5. The molecule has 1 saturated heterocycles. The second kappa shape index (κ2) is 6.82. The molecule has 0 radical (unpaired) electrons. The molecule has 0 unspecified atom stereocenters. The van der Waals surface area contributed by atoms with Crippen molar-refractivity contribution in [2.45, 2.75) is 39.5 Å². The number of aromatic nitrogens is 3. The fraction of sp³-hybridized carbons (Fsp3) is 0.500. The lowest BCUT2D eigenvalue weighted by Gasteiger charge is -2.32. The van der Waals surface area contributed by atoms with Crippen molar-refractivity contribution in [3.63, 3.8) is 0 Å². The van der Waals surface area contributed by atoms with Crippen LogP contribution in [0, 0.1) is 17.2 Å². The van der Waals surface area contributed by atoms with E-state index < -0.39 is 0 Å². The smallest absolute Gasteiger partial charge is 0.186 e. The Morgan fingerprint density at radius 3 is 2.43 bits per heavy atom. The molecule has 120 valence electrons. The fourth-order valence-corrected chi connectivity index (χ4v) is 3.13. The van der Waals surface area contributed by atoms with Crippen molar-refractivity contribution in [1.82, 2.24) is 15.0 Å². The zero-order chi connectivity index (χ0) is 16.2. The number of benzene rings is 1. The molecule has 1 aliphatic rings. The normalized spacial score (nSPS) is 15.6. The van der Waals surface area contributed by atoms with Gasteiger partial charge in [-0.25, -0.2) is 4.68 Å². The Hall–Kier alpha value is -2.35. The van der Waals surface area contributed by atoms with Crippen LogP contribution in [-0.2, 0) is 6.42 Å². The summed E-state index contributed by atoms with van der Waals surface area (Å²) in [5.41, 5.74) is 3.56. The van der Waals surface area contributed by atoms with E-state index in [2.05, 4.69) is 59.4 Å². The van der Waals surface area contributed by atoms with E-state index in [0.717, 1.165) is 43.2 Å². The highest BCUT2D eigenvalue weighted by atomic mass is 15.4. The van der Waals surface area contributed by atoms with Gasteiger partial charge in [0, 0.05) is 18.8 Å². The van der Waals surface area contributed by atoms with Gasteiger partial charge in [0.05, 0.1) is 11.4 Å². The molecule has 2 aromatic rings. The molecule has 0 atom stereocenters. The predicted octanol–water partition coefficient (Wildman–Crippen LogP) is 3.33. The van der Waals surface area contributed by atoms with Crippen molar-refractivity contribution in [3.05, 3.63) is 35.7 Å². The summed E-state index contributed by atoms with van der Waals surface area (Å²) in [6.07, 6.45) is 4.29. The average Bonchev–Trinajstić information content (AvgIpc) is 2.99. The highest BCUT2D eigenvalue weighted by Gasteiger charge is 2.17. The van der Waals surface area contributed by atoms with E-state index in [-0.39, 0.29) is 0 Å². The Morgan fingerprint density at radius 2 is 1.83 bits per heavy atom. The first-order valence-electron chi connectivity index (χ1n) is 8.43. The van der Waals surface area contributed by atoms with Crippen LogP contribution >= 0.6 is 0 Å². The summed E-state index contributed by atoms with van der Waals surface area (Å²) in [7, 11) is 0. The molecule has 5 heteroatoms. The lowest BCUT2D eigenvalue weighted by molar-refractivity contribution is 0.438. The maximum Gasteiger partial charge on any atom is 0.186 e. The van der Waals surface area contributed by atoms with Gasteiger partial charge in [-0.05, 0) is 49.4 Å². The first-order chi connectivity index (χ1) is 11.2. The molecule has 0 aliphatic carbocycles. The minimum Gasteiger partial charge on any atom is -0.372 e. The average molecular weight is 309 g/mol. The van der Waals surface area contributed by atoms with E-state index in [9.17, 15) is 0 Å². The first-order valence-corrected chi connectivity index (χ1v) is 8.43. The molecule has 0 spiro atoms. The molecular formula is C18H23N5. The van der Waals surface area contributed by atoms with E-state index in [1.165, 1.54) is 18.5 Å². The summed E-state index contributed by atoms with van der Waals surface area (Å²) in [6.45, 7) is 6.68. The van der Waals surface area contributed by atoms with Crippen molar-refractivity contribution < 1.29 is 0 Å². The minimum absolute atomic E-state index is 0.431. The van der Waals surface area contributed by atoms with Gasteiger partial charge in [0.2, 0.25) is 0 Å². The maximum atomic E-state index is 9.17. The van der Waals surface area contributed by atoms with Crippen LogP contribution in [0.15, 0.2) is 24.3 Å². The molecule has 0 saturated carbocycles. The van der Waals surface area contributed by atoms with Crippen LogP contribution in [0.1, 0.15) is 44.5 Å². The second-order valence-corrected chi connectivity index (χ2v) is 6.34. The number of hydrogen-bond acceptors (Lipinski definition) is 4. The van der Waals surface area contributed by atoms with Crippen LogP contribution in [0.5, 0.6) is 0 Å². The highest BCUT2D eigenvalue weighted by Crippen LogP contribution is 2.24. The zero-order valence-electron chi connectivity index (χ0n) is 13.9. The third-order valence-electron chi connectivity index (χ3n) is 4.60. The van der Waals surface area contributed by atoms with Gasteiger partial charge >= 0.3 is 0 Å². The summed E-state index contributed by atoms with van der Waals surface area (Å²) in [4.78, 5) is 2.44. The summed E-state index contributed by atoms with van der Waals surface area (Å²) in [6, 6.07) is 10.6. The number of hydrogen-bond donors (Lipinski definition) is 0. The Bertz CT molecular complexity index is 687. The van der Waals surface area contributed by atoms with Gasteiger partial charge in [0.15, 0.2) is 5.69 Å². The molecular weight excluding hydrogens is 286 g/mol. The molecule has 2 heterocycles. The molecule has 1 aromatic heterocycles. The van der Waals surface area contributed by atoms with Gasteiger partial charge in [-0.15, -0.1) is 5.10 Å². The minimum atomic E-state index is 0.431. The zero-order valence-corrected chi connectivity index (χ0v) is 13.9. The van der Waals surface area contributed by atoms with Gasteiger partial charge in [-0.3, -0.25) is 0 Å². The van der Waals surface area contributed by atoms with Crippen molar-refractivity contribution in [2.75, 3.05) is 18.0 Å². The second-order valence-electron chi connectivity index (χ2n) is 6.34. The fourth-order valence-electron chi connectivity index (χ4n) is 3.13. The molecule has 0 bridgehead atoms. The van der Waals surface area contributed by atoms with Crippen LogP contribution in [0.2, 0.25) is 0 Å². The van der Waals surface area contributed by atoms with E-state index >= 15 is 0 Å². The standard InChI is InChI=1S/C18H23N5/c1-3-4-18-17(13-19)20-21-23(18)16-7-5-15(6-8-16)22-11-9-14(2)10-12-22/h5-8,14H,3-4,9-12H2,1-2H3. The van der Waals surface area contributed by atoms with E-state index in [1.807, 2.05) is 0 Å². The Morgan fingerprint density at radius 1 is 1.17 bits per heavy atom. The monoisotopic (exact) mass is 309 g/mol. The van der Waals surface area contributed by atoms with Gasteiger partial charge in [-0.1, -0.05) is 25.5 Å². The quantitative estimate of drug-likeness (QED) is 0.869. The maximum absolute atomic E-state index is 9.17. The largest absolute Gasteiger partial charge is 0.372 e. The van der Waals surface area contributed by atoms with Crippen LogP contribution in [0.4, 0.5) is 5.69 Å². The number of piperidine rings is 1. The third-order valence-corrected chi connectivity index (χ3v) is 4.60. The predicted molar refractivity (Wildman–Crippen MR) is 90.7 cm³/mol. The van der Waals surface area contributed by atoms with Crippen molar-refractivity contribution >= 4 is 5.69 Å². The van der Waals surface area contributed by atoms with Gasteiger partial charge < -0.3 is 4.90 Å². The molecule has 5 nitrogen and oxygen atoms in total. The van der Waals surface area contributed by atoms with Gasteiger partial charge in [-0.2, -0.15) is 5.26 Å². The summed E-state index contributed by atoms with van der Waals surface area (Å²) in [5.74, 6) is 0.835. The summed E-state index contributed by atoms with van der Waals surface area (Å²) in [5, 5.41) is 17.3. The Balaban J connectivity index is 1.83. The van der Waals surface area contributed by atoms with Crippen LogP contribution in [0.25, 0.3) is 5.69 Å². The van der Waals surface area contributed by atoms with Crippen LogP contribution in [-0.4, -0.2) is 28.1 Å². The number of rotatable bonds is 4. The highest BCUT2D eigenvalue weighted by molar-refractivity contribution is 5.51.